The number of fused-ring (bicyclic) bond motifs is 12. The predicted molar refractivity (Wildman–Crippen MR) is 285 cm³/mol. The normalized spacial score (nSPS) is 12.6. The third-order valence-electron chi connectivity index (χ3n) is 14.7. The van der Waals surface area contributed by atoms with Gasteiger partial charge in [-0.2, -0.15) is 0 Å². The molecule has 9 rings (SSSR count). The number of hydrogen-bond donors (Lipinski definition) is 8. The Hall–Kier alpha value is -7.84. The second-order valence-electron chi connectivity index (χ2n) is 19.6. The van der Waals surface area contributed by atoms with Gasteiger partial charge >= 0.3 is 0 Å². The zero-order valence-corrected chi connectivity index (χ0v) is 41.6. The number of hydrogen-bond acceptors (Lipinski definition) is 8. The minimum atomic E-state index is 0.0570. The van der Waals surface area contributed by atoms with Crippen LogP contribution in [0.2, 0.25) is 0 Å². The summed E-state index contributed by atoms with van der Waals surface area (Å²) in [6.45, 7) is 7.97. The van der Waals surface area contributed by atoms with Crippen LogP contribution in [0, 0.1) is 0 Å². The lowest BCUT2D eigenvalue weighted by Crippen LogP contribution is -2.03. The van der Waals surface area contributed by atoms with Crippen molar-refractivity contribution in [2.24, 2.45) is 0 Å². The molecule has 72 heavy (non-hydrogen) atoms. The van der Waals surface area contributed by atoms with Crippen LogP contribution in [0.5, 0.6) is 46.0 Å². The van der Waals surface area contributed by atoms with E-state index in [4.69, 9.17) is 0 Å². The van der Waals surface area contributed by atoms with Crippen LogP contribution in [0.25, 0.3) is 0 Å². The van der Waals surface area contributed by atoms with E-state index in [0.29, 0.717) is 105 Å². The Morgan fingerprint density at radius 2 is 0.514 bits per heavy atom. The molecule has 8 aromatic rings. The van der Waals surface area contributed by atoms with E-state index >= 15 is 0 Å². The molecule has 0 aliphatic heterocycles. The van der Waals surface area contributed by atoms with Gasteiger partial charge < -0.3 is 40.9 Å². The first-order valence-electron chi connectivity index (χ1n) is 25.3. The van der Waals surface area contributed by atoms with E-state index in [0.717, 1.165) is 44.5 Å². The average molecular weight is 961 g/mol. The molecule has 368 valence electrons. The molecular weight excluding hydrogens is 897 g/mol. The van der Waals surface area contributed by atoms with Crippen LogP contribution in [0.3, 0.4) is 0 Å². The molecule has 0 radical (unpaired) electrons. The maximum absolute atomic E-state index is 12.2. The highest BCUT2D eigenvalue weighted by atomic mass is 16.3. The molecule has 0 aromatic heterocycles. The molecule has 8 N–H and O–H groups in total. The van der Waals surface area contributed by atoms with Crippen molar-refractivity contribution in [3.63, 3.8) is 0 Å². The molecule has 1 aliphatic rings. The van der Waals surface area contributed by atoms with Crippen LogP contribution < -0.4 is 0 Å². The highest BCUT2D eigenvalue weighted by Gasteiger charge is 2.22. The number of phenolic OH excluding ortho intramolecular Hbond substituents is 8. The predicted octanol–water partition coefficient (Wildman–Crippen LogP) is 12.6. The average Bonchev–Trinajstić information content (AvgIpc) is 3.36. The van der Waals surface area contributed by atoms with Gasteiger partial charge in [0.25, 0.3) is 0 Å². The Bertz CT molecular complexity index is 3130. The Kier molecular flexibility index (Phi) is 14.2. The third kappa shape index (κ3) is 10.0. The summed E-state index contributed by atoms with van der Waals surface area (Å²) in [5, 5.41) is 94.5. The van der Waals surface area contributed by atoms with Crippen LogP contribution >= 0.6 is 0 Å². The van der Waals surface area contributed by atoms with Crippen molar-refractivity contribution < 1.29 is 40.9 Å². The molecule has 12 bridgehead atoms. The van der Waals surface area contributed by atoms with Gasteiger partial charge in [-0.05, 0) is 150 Å². The van der Waals surface area contributed by atoms with Crippen molar-refractivity contribution in [1.82, 2.24) is 0 Å². The number of para-hydroxylation sites is 4. The van der Waals surface area contributed by atoms with Crippen molar-refractivity contribution in [3.8, 4) is 46.0 Å². The van der Waals surface area contributed by atoms with Crippen LogP contribution in [-0.2, 0) is 77.0 Å². The highest BCUT2D eigenvalue weighted by Crippen LogP contribution is 2.40. The van der Waals surface area contributed by atoms with Crippen molar-refractivity contribution in [3.05, 3.63) is 233 Å². The lowest BCUT2D eigenvalue weighted by molar-refractivity contribution is 0.451. The fourth-order valence-corrected chi connectivity index (χ4v) is 10.8. The van der Waals surface area contributed by atoms with Crippen molar-refractivity contribution in [2.75, 3.05) is 0 Å². The monoisotopic (exact) mass is 960 g/mol. The van der Waals surface area contributed by atoms with Gasteiger partial charge in [0, 0.05) is 38.5 Å². The van der Waals surface area contributed by atoms with Gasteiger partial charge in [-0.1, -0.05) is 149 Å². The van der Waals surface area contributed by atoms with Gasteiger partial charge in [0.1, 0.15) is 46.0 Å². The Balaban J connectivity index is 1.24. The van der Waals surface area contributed by atoms with E-state index in [1.165, 1.54) is 0 Å². The molecule has 0 amide bonds. The van der Waals surface area contributed by atoms with Gasteiger partial charge in [-0.15, -0.1) is 0 Å². The second-order valence-corrected chi connectivity index (χ2v) is 19.6. The summed E-state index contributed by atoms with van der Waals surface area (Å²) in [6, 6.07) is 38.3. The molecule has 0 fully saturated rings. The first-order chi connectivity index (χ1) is 34.7. The van der Waals surface area contributed by atoms with Gasteiger partial charge in [0.2, 0.25) is 0 Å². The fraction of sp³-hybridized carbons (Fsp3) is 0.250. The Morgan fingerprint density at radius 1 is 0.250 bits per heavy atom. The maximum Gasteiger partial charge on any atom is 0.122 e. The Labute approximate surface area is 422 Å². The van der Waals surface area contributed by atoms with E-state index in [-0.39, 0.29) is 84.5 Å². The summed E-state index contributed by atoms with van der Waals surface area (Å²) in [7, 11) is 0. The van der Waals surface area contributed by atoms with Crippen molar-refractivity contribution >= 4 is 0 Å². The Morgan fingerprint density at radius 3 is 0.819 bits per heavy atom. The van der Waals surface area contributed by atoms with E-state index in [9.17, 15) is 40.9 Å². The van der Waals surface area contributed by atoms with Gasteiger partial charge in [0.15, 0.2) is 0 Å². The van der Waals surface area contributed by atoms with Crippen molar-refractivity contribution in [2.45, 2.75) is 105 Å². The van der Waals surface area contributed by atoms with Crippen molar-refractivity contribution in [1.29, 1.82) is 0 Å². The summed E-state index contributed by atoms with van der Waals surface area (Å²) >= 11 is 0. The molecule has 0 atom stereocenters. The molecule has 8 aromatic carbocycles. The molecular formula is C64H64O8. The number of aromatic hydroxyl groups is 8. The summed E-state index contributed by atoms with van der Waals surface area (Å²) in [5.74, 6) is 0.990. The van der Waals surface area contributed by atoms with Crippen LogP contribution in [-0.4, -0.2) is 40.9 Å². The smallest absolute Gasteiger partial charge is 0.122 e. The topological polar surface area (TPSA) is 162 Å². The molecule has 0 heterocycles. The molecule has 0 unspecified atom stereocenters. The minimum absolute atomic E-state index is 0.0570. The summed E-state index contributed by atoms with van der Waals surface area (Å²) < 4.78 is 0. The van der Waals surface area contributed by atoms with Gasteiger partial charge in [0.05, 0.1) is 0 Å². The SMILES string of the molecule is CCc1cccc(Cc2cc3cc(c2O)Cc2cccc(c2O)Cc2cc(cc(CC)c2O)Cc2cc(CC)c(O)c(c2)Cc2cccc(c2O)Cc2cc(cc(Cc4cccc(CC)c4O)c2O)C3)c1O. The maximum atomic E-state index is 12.2. The zero-order valence-electron chi connectivity index (χ0n) is 41.6. The van der Waals surface area contributed by atoms with Crippen LogP contribution in [0.4, 0.5) is 0 Å². The molecule has 0 saturated heterocycles. The number of benzene rings is 8. The standard InChI is InChI=1S/C64H64O8/c1-5-41-13-9-15-45(57(41)65)31-53-27-39-22-40-28-54(32-46-16-10-14-42(6-2)58(46)66)64(72)56(30-40)36-50-20-12-18-48(62(50)70)34-52-26-38(24-44(8-4)60(52)68)21-37-23-43(7-3)59(67)51(25-37)33-47-17-11-19-49(61(47)69)35-55(29-39)63(53)71/h9-20,23-30,65-72H,5-8,21-22,31-36H2,1-4H3. The van der Waals surface area contributed by atoms with E-state index < -0.39 is 0 Å². The van der Waals surface area contributed by atoms with E-state index in [1.54, 1.807) is 0 Å². The molecule has 1 aliphatic carbocycles. The lowest BCUT2D eigenvalue weighted by atomic mass is 9.88. The number of phenols is 8. The third-order valence-corrected chi connectivity index (χ3v) is 14.7. The summed E-state index contributed by atoms with van der Waals surface area (Å²) in [6.07, 6.45) is 4.67. The van der Waals surface area contributed by atoms with Crippen LogP contribution in [0.15, 0.2) is 121 Å². The summed E-state index contributed by atoms with van der Waals surface area (Å²) in [5.41, 5.74) is 14.3. The minimum Gasteiger partial charge on any atom is -0.507 e. The van der Waals surface area contributed by atoms with Gasteiger partial charge in [-0.3, -0.25) is 0 Å². The number of aryl methyl sites for hydroxylation is 4. The fourth-order valence-electron chi connectivity index (χ4n) is 10.8. The number of rotatable bonds is 8. The lowest BCUT2D eigenvalue weighted by Gasteiger charge is -2.19. The highest BCUT2D eigenvalue weighted by molar-refractivity contribution is 5.58. The molecule has 8 nitrogen and oxygen atoms in total. The zero-order chi connectivity index (χ0) is 50.8. The molecule has 0 spiro atoms. The van der Waals surface area contributed by atoms with Crippen LogP contribution in [0.1, 0.15) is 139 Å². The second kappa shape index (κ2) is 20.9. The largest absolute Gasteiger partial charge is 0.507 e. The first kappa shape index (κ1) is 49.2. The van der Waals surface area contributed by atoms with E-state index in [1.807, 2.05) is 149 Å². The summed E-state index contributed by atoms with van der Waals surface area (Å²) in [4.78, 5) is 0. The molecule has 0 saturated carbocycles. The first-order valence-corrected chi connectivity index (χ1v) is 25.3. The van der Waals surface area contributed by atoms with E-state index in [2.05, 4.69) is 0 Å². The quantitative estimate of drug-likeness (QED) is 0.0747. The van der Waals surface area contributed by atoms with Gasteiger partial charge in [-0.25, -0.2) is 0 Å². The molecule has 8 heteroatoms.